The summed E-state index contributed by atoms with van der Waals surface area (Å²) in [5.74, 6) is 0. The van der Waals surface area contributed by atoms with Gasteiger partial charge in [-0.15, -0.1) is 0 Å². The third kappa shape index (κ3) is 9.36. The van der Waals surface area contributed by atoms with Crippen molar-refractivity contribution < 1.29 is 35.1 Å². The molecule has 7 nitrogen and oxygen atoms in total. The number of carbonyl (C=O) groups is 2. The first-order valence-corrected chi connectivity index (χ1v) is 3.73. The number of aliphatic hydroxyl groups excluding tert-OH is 4. The van der Waals surface area contributed by atoms with Gasteiger partial charge in [-0.2, -0.15) is 0 Å². The molecule has 0 spiro atoms. The highest BCUT2D eigenvalue weighted by Crippen LogP contribution is 1.96. The molecular weight excluding hydrogens is 220 g/mol. The van der Waals surface area contributed by atoms with Crippen LogP contribution in [-0.4, -0.2) is 62.2 Å². The van der Waals surface area contributed by atoms with Crippen LogP contribution in [0.4, 0.5) is 4.79 Å². The van der Waals surface area contributed by atoms with Crippen LogP contribution in [0.5, 0.6) is 0 Å². The van der Waals surface area contributed by atoms with E-state index in [0.717, 1.165) is 0 Å². The molecule has 0 heterocycles. The van der Waals surface area contributed by atoms with E-state index in [1.807, 2.05) is 0 Å². The van der Waals surface area contributed by atoms with Gasteiger partial charge in [0.1, 0.15) is 18.3 Å². The predicted molar refractivity (Wildman–Crippen MR) is 45.0 cm³/mol. The van der Waals surface area contributed by atoms with Crippen molar-refractivity contribution in [2.45, 2.75) is 18.3 Å². The Morgan fingerprint density at radius 1 is 1.36 bits per heavy atom. The first-order chi connectivity index (χ1) is 6.36. The molecule has 8 heteroatoms. The quantitative estimate of drug-likeness (QED) is 0.283. The fourth-order valence-corrected chi connectivity index (χ4v) is 0.416. The number of carboxylic acid groups (broad SMARTS) is 1. The maximum Gasteiger partial charge on any atom is 0.401 e. The zero-order chi connectivity index (χ0) is 11.7. The lowest BCUT2D eigenvalue weighted by Crippen LogP contribution is -2.40. The predicted octanol–water partition coefficient (Wildman–Crippen LogP) is -1.84. The van der Waals surface area contributed by atoms with Crippen molar-refractivity contribution >= 4 is 23.3 Å². The van der Waals surface area contributed by atoms with Gasteiger partial charge in [-0.25, -0.2) is 4.79 Å². The largest absolute Gasteiger partial charge is 0.469 e. The van der Waals surface area contributed by atoms with E-state index in [9.17, 15) is 4.79 Å². The van der Waals surface area contributed by atoms with Crippen molar-refractivity contribution in [3.05, 3.63) is 0 Å². The summed E-state index contributed by atoms with van der Waals surface area (Å²) in [4.78, 5) is 18.5. The highest BCUT2D eigenvalue weighted by atomic mass is 35.5. The minimum absolute atomic E-state index is 0.0869. The molecule has 0 bridgehead atoms. The average molecular weight is 231 g/mol. The molecule has 84 valence electrons. The molecular formula is C6H11ClO7. The van der Waals surface area contributed by atoms with Gasteiger partial charge in [-0.05, 0) is 0 Å². The minimum Gasteiger partial charge on any atom is -0.469 e. The van der Waals surface area contributed by atoms with Crippen molar-refractivity contribution in [3.63, 3.8) is 0 Å². The second-order valence-corrected chi connectivity index (χ2v) is 2.44. The molecule has 0 rings (SSSR count). The van der Waals surface area contributed by atoms with Gasteiger partial charge in [0.05, 0.1) is 6.61 Å². The van der Waals surface area contributed by atoms with Crippen LogP contribution in [0.2, 0.25) is 0 Å². The first kappa shape index (κ1) is 15.7. The number of aliphatic hydroxyl groups is 4. The number of hydrogen-bond acceptors (Lipinski definition) is 6. The fourth-order valence-electron chi connectivity index (χ4n) is 0.416. The molecule has 0 aromatic heterocycles. The highest BCUT2D eigenvalue weighted by molar-refractivity contribution is 6.60. The van der Waals surface area contributed by atoms with E-state index in [1.165, 1.54) is 0 Å². The fraction of sp³-hybridized carbons (Fsp3) is 0.667. The van der Waals surface area contributed by atoms with Crippen LogP contribution in [0.25, 0.3) is 0 Å². The summed E-state index contributed by atoms with van der Waals surface area (Å²) in [5, 5.41) is 41.2. The van der Waals surface area contributed by atoms with Gasteiger partial charge in [0.2, 0.25) is 0 Å². The zero-order valence-electron chi connectivity index (χ0n) is 6.95. The molecule has 3 unspecified atom stereocenters. The molecule has 14 heavy (non-hydrogen) atoms. The van der Waals surface area contributed by atoms with Crippen molar-refractivity contribution in [1.82, 2.24) is 0 Å². The molecule has 0 amide bonds. The van der Waals surface area contributed by atoms with Gasteiger partial charge in [-0.3, -0.25) is 0 Å². The Labute approximate surface area is 84.2 Å². The lowest BCUT2D eigenvalue weighted by atomic mass is 10.1. The third-order valence-corrected chi connectivity index (χ3v) is 1.07. The van der Waals surface area contributed by atoms with E-state index < -0.39 is 30.3 Å². The maximum absolute atomic E-state index is 9.76. The lowest BCUT2D eigenvalue weighted by molar-refractivity contribution is -0.127. The maximum atomic E-state index is 9.76. The Kier molecular flexibility index (Phi) is 9.94. The molecule has 0 saturated carbocycles. The molecule has 0 radical (unpaired) electrons. The van der Waals surface area contributed by atoms with Crippen molar-refractivity contribution in [3.8, 4) is 0 Å². The highest BCUT2D eigenvalue weighted by Gasteiger charge is 2.22. The molecule has 5 N–H and O–H groups in total. The summed E-state index contributed by atoms with van der Waals surface area (Å²) < 4.78 is 0. The Balaban J connectivity index is 0. The number of halogens is 1. The van der Waals surface area contributed by atoms with E-state index in [0.29, 0.717) is 0 Å². The molecule has 0 aliphatic rings. The summed E-state index contributed by atoms with van der Waals surface area (Å²) >= 11 is 4.19. The van der Waals surface area contributed by atoms with Gasteiger partial charge in [0.15, 0.2) is 6.29 Å². The van der Waals surface area contributed by atoms with Crippen LogP contribution >= 0.6 is 11.6 Å². The number of hydrogen-bond donors (Lipinski definition) is 5. The second-order valence-electron chi connectivity index (χ2n) is 2.12. The molecule has 3 atom stereocenters. The molecule has 0 aromatic carbocycles. The Morgan fingerprint density at radius 2 is 1.71 bits per heavy atom. The van der Waals surface area contributed by atoms with E-state index in [1.54, 1.807) is 0 Å². The molecule has 0 saturated heterocycles. The van der Waals surface area contributed by atoms with Crippen molar-refractivity contribution in [2.24, 2.45) is 0 Å². The smallest absolute Gasteiger partial charge is 0.401 e. The van der Waals surface area contributed by atoms with Gasteiger partial charge in [-0.1, -0.05) is 0 Å². The van der Waals surface area contributed by atoms with Crippen LogP contribution in [0.15, 0.2) is 0 Å². The monoisotopic (exact) mass is 230 g/mol. The number of aldehydes is 1. The standard InChI is InChI=1S/C5H10O5.CHClO2/c6-1-3(8)5(10)4(9)2-7;2-1(3)4/h1,3-5,7-10H,2H2;(H,3,4). The van der Waals surface area contributed by atoms with E-state index in [4.69, 9.17) is 30.3 Å². The summed E-state index contributed by atoms with van der Waals surface area (Å²) in [6, 6.07) is 0. The zero-order valence-corrected chi connectivity index (χ0v) is 7.70. The number of carbonyl (C=O) groups excluding carboxylic acids is 1. The summed E-state index contributed by atoms with van der Waals surface area (Å²) in [6.45, 7) is -0.688. The SMILES string of the molecule is O=C(O)Cl.O=CC(O)C(O)C(O)CO. The topological polar surface area (TPSA) is 135 Å². The molecule has 0 fully saturated rings. The second kappa shape index (κ2) is 8.85. The Bertz CT molecular complexity index is 170. The van der Waals surface area contributed by atoms with Gasteiger partial charge >= 0.3 is 5.43 Å². The van der Waals surface area contributed by atoms with Gasteiger partial charge in [0.25, 0.3) is 0 Å². The Hall–Kier alpha value is -0.730. The van der Waals surface area contributed by atoms with E-state index in [-0.39, 0.29) is 6.29 Å². The van der Waals surface area contributed by atoms with Crippen LogP contribution in [0, 0.1) is 0 Å². The molecule has 0 aliphatic heterocycles. The average Bonchev–Trinajstić information content (AvgIpc) is 2.13. The van der Waals surface area contributed by atoms with Crippen molar-refractivity contribution in [2.75, 3.05) is 6.61 Å². The van der Waals surface area contributed by atoms with E-state index >= 15 is 0 Å². The van der Waals surface area contributed by atoms with Crippen LogP contribution in [-0.2, 0) is 4.79 Å². The summed E-state index contributed by atoms with van der Waals surface area (Å²) in [6.07, 6.45) is -4.63. The molecule has 0 aromatic rings. The van der Waals surface area contributed by atoms with Gasteiger partial charge < -0.3 is 30.3 Å². The van der Waals surface area contributed by atoms with Crippen LogP contribution in [0.3, 0.4) is 0 Å². The summed E-state index contributed by atoms with van der Waals surface area (Å²) in [5.41, 5.74) is -1.36. The summed E-state index contributed by atoms with van der Waals surface area (Å²) in [7, 11) is 0. The lowest BCUT2D eigenvalue weighted by Gasteiger charge is -2.16. The van der Waals surface area contributed by atoms with Crippen LogP contribution < -0.4 is 0 Å². The molecule has 0 aliphatic carbocycles. The normalized spacial score (nSPS) is 15.8. The van der Waals surface area contributed by atoms with Crippen LogP contribution in [0.1, 0.15) is 0 Å². The third-order valence-electron chi connectivity index (χ3n) is 1.07. The van der Waals surface area contributed by atoms with Crippen molar-refractivity contribution in [1.29, 1.82) is 0 Å². The first-order valence-electron chi connectivity index (χ1n) is 3.35. The minimum atomic E-state index is -1.64. The number of rotatable bonds is 4. The van der Waals surface area contributed by atoms with Gasteiger partial charge in [0, 0.05) is 11.6 Å². The van der Waals surface area contributed by atoms with E-state index in [2.05, 4.69) is 11.6 Å². The Morgan fingerprint density at radius 3 is 1.93 bits per heavy atom.